The van der Waals surface area contributed by atoms with Crippen LogP contribution in [-0.4, -0.2) is 58.1 Å². The van der Waals surface area contributed by atoms with E-state index in [1.165, 1.54) is 4.90 Å². The Balaban J connectivity index is 1.64. The van der Waals surface area contributed by atoms with E-state index in [1.807, 2.05) is 37.8 Å². The van der Waals surface area contributed by atoms with Crippen LogP contribution in [0.15, 0.2) is 30.6 Å². The van der Waals surface area contributed by atoms with E-state index in [4.69, 9.17) is 4.74 Å². The molecule has 0 unspecified atom stereocenters. The normalized spacial score (nSPS) is 20.6. The van der Waals surface area contributed by atoms with Crippen molar-refractivity contribution < 1.29 is 14.3 Å². The first-order valence-corrected chi connectivity index (χ1v) is 8.73. The number of hydrogen-bond donors (Lipinski definition) is 0. The molecule has 25 heavy (non-hydrogen) atoms. The van der Waals surface area contributed by atoms with Crippen molar-refractivity contribution in [3.8, 4) is 0 Å². The summed E-state index contributed by atoms with van der Waals surface area (Å²) in [7, 11) is 0. The third-order valence-corrected chi connectivity index (χ3v) is 4.45. The van der Waals surface area contributed by atoms with Gasteiger partial charge in [-0.2, -0.15) is 0 Å². The van der Waals surface area contributed by atoms with E-state index in [2.05, 4.69) is 11.1 Å². The highest BCUT2D eigenvalue weighted by atomic mass is 16.6. The number of rotatable bonds is 2. The lowest BCUT2D eigenvalue weighted by atomic mass is 9.98. The molecule has 0 N–H and O–H groups in total. The number of aromatic nitrogens is 1. The summed E-state index contributed by atoms with van der Waals surface area (Å²) >= 11 is 0. The maximum Gasteiger partial charge on any atom is 0.410 e. The maximum atomic E-state index is 12.9. The van der Waals surface area contributed by atoms with Gasteiger partial charge in [0.25, 0.3) is 0 Å². The fraction of sp³-hybridized carbons (Fsp3) is 0.526. The molecule has 1 saturated heterocycles. The van der Waals surface area contributed by atoms with Crippen molar-refractivity contribution in [1.29, 1.82) is 0 Å². The molecule has 0 aromatic carbocycles. The highest BCUT2D eigenvalue weighted by molar-refractivity contribution is 5.89. The van der Waals surface area contributed by atoms with Crippen molar-refractivity contribution in [2.24, 2.45) is 0 Å². The van der Waals surface area contributed by atoms with Crippen LogP contribution >= 0.6 is 0 Å². The van der Waals surface area contributed by atoms with E-state index >= 15 is 0 Å². The molecule has 134 valence electrons. The maximum absolute atomic E-state index is 12.9. The fourth-order valence-corrected chi connectivity index (χ4v) is 3.10. The van der Waals surface area contributed by atoms with E-state index < -0.39 is 17.7 Å². The quantitative estimate of drug-likeness (QED) is 0.828. The minimum absolute atomic E-state index is 0.0109. The number of ether oxygens (including phenoxy) is 1. The van der Waals surface area contributed by atoms with E-state index in [0.29, 0.717) is 26.1 Å². The minimum Gasteiger partial charge on any atom is -0.444 e. The van der Waals surface area contributed by atoms with E-state index in [0.717, 1.165) is 17.6 Å². The van der Waals surface area contributed by atoms with Gasteiger partial charge in [0.1, 0.15) is 11.6 Å². The molecular weight excluding hydrogens is 318 g/mol. The van der Waals surface area contributed by atoms with Crippen LogP contribution in [0.1, 0.15) is 39.2 Å². The second-order valence-corrected chi connectivity index (χ2v) is 7.49. The average Bonchev–Trinajstić information content (AvgIpc) is 2.53. The van der Waals surface area contributed by atoms with Gasteiger partial charge in [-0.25, -0.2) is 4.79 Å². The van der Waals surface area contributed by atoms with Gasteiger partial charge in [-0.05, 0) is 56.9 Å². The Kier molecular flexibility index (Phi) is 4.79. The number of carbonyl (C=O) groups excluding carboxylic acids is 2. The molecule has 1 fully saturated rings. The van der Waals surface area contributed by atoms with Gasteiger partial charge in [-0.1, -0.05) is 6.08 Å². The third-order valence-electron chi connectivity index (χ3n) is 4.45. The number of likely N-dealkylation sites (tertiary alicyclic amines) is 1. The number of nitrogens with zero attached hydrogens (tertiary/aromatic N) is 3. The zero-order valence-electron chi connectivity index (χ0n) is 15.1. The lowest BCUT2D eigenvalue weighted by Crippen LogP contribution is -2.60. The Hall–Kier alpha value is -2.37. The van der Waals surface area contributed by atoms with Crippen molar-refractivity contribution in [2.75, 3.05) is 19.6 Å². The predicted octanol–water partition coefficient (Wildman–Crippen LogP) is 2.71. The molecular formula is C19H25N3O3. The lowest BCUT2D eigenvalue weighted by molar-refractivity contribution is -0.140. The van der Waals surface area contributed by atoms with Crippen molar-refractivity contribution in [2.45, 2.75) is 45.3 Å². The molecule has 0 aliphatic carbocycles. The molecule has 1 aromatic rings. The molecule has 0 saturated carbocycles. The molecule has 0 radical (unpaired) electrons. The third kappa shape index (κ3) is 4.00. The summed E-state index contributed by atoms with van der Waals surface area (Å²) in [6.07, 6.45) is 6.80. The van der Waals surface area contributed by atoms with Crippen LogP contribution in [0.25, 0.3) is 5.57 Å². The highest BCUT2D eigenvalue weighted by Gasteiger charge is 2.42. The summed E-state index contributed by atoms with van der Waals surface area (Å²) in [5, 5.41) is 0. The van der Waals surface area contributed by atoms with Gasteiger partial charge in [0, 0.05) is 32.0 Å². The molecule has 1 aromatic heterocycles. The number of carbonyl (C=O) groups is 2. The van der Waals surface area contributed by atoms with Crippen molar-refractivity contribution in [1.82, 2.24) is 14.8 Å². The summed E-state index contributed by atoms with van der Waals surface area (Å²) in [5.41, 5.74) is 1.66. The van der Waals surface area contributed by atoms with Gasteiger partial charge in [0.05, 0.1) is 0 Å². The molecule has 6 heteroatoms. The zero-order chi connectivity index (χ0) is 18.0. The lowest BCUT2D eigenvalue weighted by Gasteiger charge is -2.43. The Morgan fingerprint density at radius 3 is 2.52 bits per heavy atom. The Morgan fingerprint density at radius 2 is 1.92 bits per heavy atom. The van der Waals surface area contributed by atoms with Crippen LogP contribution in [0.3, 0.4) is 0 Å². The SMILES string of the molecule is CC(C)(C)OC(=O)N1CC[C@@H]1C(=O)N1CCC=C(c2ccncc2)C1. The second-order valence-electron chi connectivity index (χ2n) is 7.49. The first-order chi connectivity index (χ1) is 11.8. The van der Waals surface area contributed by atoms with Crippen LogP contribution in [0.2, 0.25) is 0 Å². The molecule has 0 bridgehead atoms. The monoisotopic (exact) mass is 343 g/mol. The van der Waals surface area contributed by atoms with Gasteiger partial charge in [-0.15, -0.1) is 0 Å². The summed E-state index contributed by atoms with van der Waals surface area (Å²) in [6.45, 7) is 7.33. The van der Waals surface area contributed by atoms with Gasteiger partial charge in [-0.3, -0.25) is 14.7 Å². The van der Waals surface area contributed by atoms with E-state index in [9.17, 15) is 9.59 Å². The molecule has 2 aliphatic heterocycles. The van der Waals surface area contributed by atoms with Gasteiger partial charge >= 0.3 is 6.09 Å². The van der Waals surface area contributed by atoms with Crippen molar-refractivity contribution >= 4 is 17.6 Å². The Morgan fingerprint density at radius 1 is 1.20 bits per heavy atom. The van der Waals surface area contributed by atoms with Gasteiger partial charge < -0.3 is 9.64 Å². The number of hydrogen-bond acceptors (Lipinski definition) is 4. The van der Waals surface area contributed by atoms with Crippen molar-refractivity contribution in [3.63, 3.8) is 0 Å². The number of pyridine rings is 1. The smallest absolute Gasteiger partial charge is 0.410 e. The van der Waals surface area contributed by atoms with Crippen LogP contribution < -0.4 is 0 Å². The van der Waals surface area contributed by atoms with Gasteiger partial charge in [0.2, 0.25) is 5.91 Å². The topological polar surface area (TPSA) is 62.7 Å². The summed E-state index contributed by atoms with van der Waals surface area (Å²) in [5.74, 6) is 0.0109. The second kappa shape index (κ2) is 6.86. The molecule has 1 atom stereocenters. The number of amides is 2. The first-order valence-electron chi connectivity index (χ1n) is 8.73. The molecule has 3 rings (SSSR count). The largest absolute Gasteiger partial charge is 0.444 e. The Bertz CT molecular complexity index is 679. The standard InChI is InChI=1S/C19H25N3O3/c1-19(2,3)25-18(24)22-12-8-16(22)17(23)21-11-4-5-15(13-21)14-6-9-20-10-7-14/h5-7,9-10,16H,4,8,11-13H2,1-3H3/t16-/m1/s1. The summed E-state index contributed by atoms with van der Waals surface area (Å²) in [4.78, 5) is 32.5. The highest BCUT2D eigenvalue weighted by Crippen LogP contribution is 2.26. The van der Waals surface area contributed by atoms with Gasteiger partial charge in [0.15, 0.2) is 0 Å². The van der Waals surface area contributed by atoms with Crippen LogP contribution in [0.5, 0.6) is 0 Å². The van der Waals surface area contributed by atoms with Crippen LogP contribution in [0.4, 0.5) is 4.79 Å². The van der Waals surface area contributed by atoms with E-state index in [1.54, 1.807) is 12.4 Å². The first kappa shape index (κ1) is 17.5. The predicted molar refractivity (Wildman–Crippen MR) is 94.8 cm³/mol. The Labute approximate surface area is 148 Å². The fourth-order valence-electron chi connectivity index (χ4n) is 3.10. The molecule has 0 spiro atoms. The van der Waals surface area contributed by atoms with Crippen LogP contribution in [-0.2, 0) is 9.53 Å². The summed E-state index contributed by atoms with van der Waals surface area (Å²) < 4.78 is 5.40. The molecule has 6 nitrogen and oxygen atoms in total. The molecule has 2 amide bonds. The molecule has 3 heterocycles. The summed E-state index contributed by atoms with van der Waals surface area (Å²) in [6, 6.07) is 3.51. The average molecular weight is 343 g/mol. The zero-order valence-corrected chi connectivity index (χ0v) is 15.1. The van der Waals surface area contributed by atoms with Crippen LogP contribution in [0, 0.1) is 0 Å². The molecule has 2 aliphatic rings. The van der Waals surface area contributed by atoms with Crippen molar-refractivity contribution in [3.05, 3.63) is 36.2 Å². The minimum atomic E-state index is -0.553. The van der Waals surface area contributed by atoms with E-state index in [-0.39, 0.29) is 5.91 Å².